The highest BCUT2D eigenvalue weighted by atomic mass is 16.5. The van der Waals surface area contributed by atoms with Crippen LogP contribution in [0.1, 0.15) is 12.5 Å². The highest BCUT2D eigenvalue weighted by molar-refractivity contribution is 5.89. The summed E-state index contributed by atoms with van der Waals surface area (Å²) < 4.78 is 21.4. The Balaban J connectivity index is 1.68. The summed E-state index contributed by atoms with van der Waals surface area (Å²) in [6.07, 6.45) is 0.816. The second-order valence-electron chi connectivity index (χ2n) is 5.96. The minimum Gasteiger partial charge on any atom is -0.459 e. The fourth-order valence-corrected chi connectivity index (χ4v) is 2.79. The number of amides is 1. The smallest absolute Gasteiger partial charge is 0.437 e. The molecular formula is C19H15N3O7. The Morgan fingerprint density at radius 1 is 1.21 bits per heavy atom. The number of hydrogen-bond acceptors (Lipinski definition) is 8. The van der Waals surface area contributed by atoms with Gasteiger partial charge in [0.2, 0.25) is 0 Å². The van der Waals surface area contributed by atoms with E-state index in [1.165, 1.54) is 18.4 Å². The summed E-state index contributed by atoms with van der Waals surface area (Å²) in [5, 5.41) is 7.21. The molecule has 10 heteroatoms. The van der Waals surface area contributed by atoms with E-state index in [9.17, 15) is 14.4 Å². The number of ether oxygens (including phenoxy) is 1. The number of furan rings is 1. The van der Waals surface area contributed by atoms with Gasteiger partial charge in [-0.1, -0.05) is 0 Å². The van der Waals surface area contributed by atoms with Crippen LogP contribution in [0.5, 0.6) is 0 Å². The molecule has 0 fully saturated rings. The van der Waals surface area contributed by atoms with Crippen LogP contribution in [0.4, 0.5) is 10.5 Å². The summed E-state index contributed by atoms with van der Waals surface area (Å²) >= 11 is 0. The quantitative estimate of drug-likeness (QED) is 0.509. The summed E-state index contributed by atoms with van der Waals surface area (Å²) in [7, 11) is 0. The first-order valence-corrected chi connectivity index (χ1v) is 8.66. The van der Waals surface area contributed by atoms with Crippen molar-refractivity contribution in [1.82, 2.24) is 9.78 Å². The number of rotatable bonds is 5. The van der Waals surface area contributed by atoms with Crippen molar-refractivity contribution in [2.45, 2.75) is 13.5 Å². The van der Waals surface area contributed by atoms with Crippen LogP contribution in [0.2, 0.25) is 0 Å². The van der Waals surface area contributed by atoms with Crippen LogP contribution >= 0.6 is 0 Å². The van der Waals surface area contributed by atoms with E-state index in [0.29, 0.717) is 22.4 Å². The molecular weight excluding hydrogens is 382 g/mol. The molecule has 4 rings (SSSR count). The number of aromatic nitrogens is 2. The molecule has 3 aromatic heterocycles. The van der Waals surface area contributed by atoms with E-state index in [2.05, 4.69) is 10.4 Å². The summed E-state index contributed by atoms with van der Waals surface area (Å²) in [6.45, 7) is 1.90. The molecule has 0 bridgehead atoms. The van der Waals surface area contributed by atoms with Crippen LogP contribution in [0, 0.1) is 0 Å². The molecule has 1 aromatic carbocycles. The van der Waals surface area contributed by atoms with Crippen LogP contribution in [-0.4, -0.2) is 22.5 Å². The summed E-state index contributed by atoms with van der Waals surface area (Å²) in [4.78, 5) is 35.7. The molecule has 0 unspecified atom stereocenters. The number of hydrogen-bond donors (Lipinski definition) is 1. The summed E-state index contributed by atoms with van der Waals surface area (Å²) in [6, 6.07) is 9.31. The van der Waals surface area contributed by atoms with E-state index < -0.39 is 17.5 Å². The second-order valence-corrected chi connectivity index (χ2v) is 5.96. The number of benzene rings is 1. The average molecular weight is 397 g/mol. The molecule has 0 saturated carbocycles. The highest BCUT2D eigenvalue weighted by Gasteiger charge is 2.15. The zero-order valence-electron chi connectivity index (χ0n) is 15.2. The Morgan fingerprint density at radius 2 is 2.07 bits per heavy atom. The molecule has 0 aliphatic heterocycles. The van der Waals surface area contributed by atoms with Gasteiger partial charge in [-0.3, -0.25) is 5.32 Å². The van der Waals surface area contributed by atoms with E-state index in [-0.39, 0.29) is 24.6 Å². The molecule has 1 amide bonds. The molecule has 148 valence electrons. The fraction of sp³-hybridized carbons (Fsp3) is 0.158. The largest absolute Gasteiger partial charge is 0.459 e. The van der Waals surface area contributed by atoms with Gasteiger partial charge in [-0.05, 0) is 36.8 Å². The molecule has 0 spiro atoms. The average Bonchev–Trinajstić information content (AvgIpc) is 3.32. The van der Waals surface area contributed by atoms with Crippen LogP contribution in [-0.2, 0) is 11.3 Å². The van der Waals surface area contributed by atoms with Gasteiger partial charge in [0.15, 0.2) is 5.76 Å². The molecule has 1 N–H and O–H groups in total. The predicted octanol–water partition coefficient (Wildman–Crippen LogP) is 2.82. The van der Waals surface area contributed by atoms with Crippen molar-refractivity contribution in [3.63, 3.8) is 0 Å². The predicted molar refractivity (Wildman–Crippen MR) is 101 cm³/mol. The van der Waals surface area contributed by atoms with Crippen LogP contribution in [0.15, 0.2) is 65.5 Å². The van der Waals surface area contributed by atoms with Crippen LogP contribution in [0.3, 0.4) is 0 Å². The number of carbonyl (C=O) groups excluding carboxylic acids is 1. The van der Waals surface area contributed by atoms with Gasteiger partial charge in [-0.2, -0.15) is 4.68 Å². The lowest BCUT2D eigenvalue weighted by molar-refractivity contribution is 0.168. The topological polar surface area (TPSA) is 130 Å². The molecule has 0 saturated heterocycles. The molecule has 29 heavy (non-hydrogen) atoms. The van der Waals surface area contributed by atoms with E-state index in [0.717, 1.165) is 4.68 Å². The van der Waals surface area contributed by atoms with Gasteiger partial charge >= 0.3 is 17.5 Å². The standard InChI is InChI=1S/C19H15N3O7/c1-2-26-18(24)20-12-5-6-13-11(8-16(23)28-15(13)9-12)10-22-19(25)29-17(21-22)14-4-3-7-27-14/h3-9H,2,10H2,1H3,(H,20,24). The number of anilines is 1. The lowest BCUT2D eigenvalue weighted by Gasteiger charge is -2.08. The van der Waals surface area contributed by atoms with Gasteiger partial charge in [-0.25, -0.2) is 14.4 Å². The molecule has 0 radical (unpaired) electrons. The monoisotopic (exact) mass is 397 g/mol. The Bertz CT molecular complexity index is 1280. The maximum Gasteiger partial charge on any atom is 0.437 e. The van der Waals surface area contributed by atoms with Gasteiger partial charge < -0.3 is 18.0 Å². The second kappa shape index (κ2) is 7.50. The fourth-order valence-electron chi connectivity index (χ4n) is 2.79. The van der Waals surface area contributed by atoms with Crippen LogP contribution < -0.4 is 16.7 Å². The van der Waals surface area contributed by atoms with E-state index in [1.54, 1.807) is 31.2 Å². The Kier molecular flexibility index (Phi) is 4.73. The normalized spacial score (nSPS) is 10.9. The maximum atomic E-state index is 12.1. The van der Waals surface area contributed by atoms with Gasteiger partial charge in [0.1, 0.15) is 5.58 Å². The van der Waals surface area contributed by atoms with Gasteiger partial charge in [0.05, 0.1) is 19.4 Å². The van der Waals surface area contributed by atoms with Crippen molar-refractivity contribution in [3.8, 4) is 11.7 Å². The highest BCUT2D eigenvalue weighted by Crippen LogP contribution is 2.22. The van der Waals surface area contributed by atoms with Gasteiger partial charge in [-0.15, -0.1) is 5.10 Å². The lowest BCUT2D eigenvalue weighted by Crippen LogP contribution is -2.18. The minimum atomic E-state index is -0.696. The molecule has 0 aliphatic rings. The van der Waals surface area contributed by atoms with Gasteiger partial charge in [0, 0.05) is 23.2 Å². The van der Waals surface area contributed by atoms with Crippen molar-refractivity contribution in [2.75, 3.05) is 11.9 Å². The lowest BCUT2D eigenvalue weighted by atomic mass is 10.1. The minimum absolute atomic E-state index is 0.0181. The zero-order chi connectivity index (χ0) is 20.4. The third kappa shape index (κ3) is 3.81. The Morgan fingerprint density at radius 3 is 2.83 bits per heavy atom. The third-order valence-corrected chi connectivity index (χ3v) is 4.01. The molecule has 3 heterocycles. The first-order chi connectivity index (χ1) is 14.0. The number of fused-ring (bicyclic) bond motifs is 1. The Labute approximate surface area is 162 Å². The molecule has 0 atom stereocenters. The van der Waals surface area contributed by atoms with Crippen molar-refractivity contribution in [3.05, 3.63) is 69.2 Å². The third-order valence-electron chi connectivity index (χ3n) is 4.01. The number of nitrogens with zero attached hydrogens (tertiary/aromatic N) is 2. The van der Waals surface area contributed by atoms with Crippen molar-refractivity contribution < 1.29 is 22.8 Å². The molecule has 0 aliphatic carbocycles. The summed E-state index contributed by atoms with van der Waals surface area (Å²) in [5.74, 6) is -0.348. The van der Waals surface area contributed by atoms with Crippen molar-refractivity contribution in [1.29, 1.82) is 0 Å². The summed E-state index contributed by atoms with van der Waals surface area (Å²) in [5.41, 5.74) is 0.531. The van der Waals surface area contributed by atoms with Crippen LogP contribution in [0.25, 0.3) is 22.6 Å². The number of carbonyl (C=O) groups is 1. The SMILES string of the molecule is CCOC(=O)Nc1ccc2c(Cn3nc(-c4ccco4)oc3=O)cc(=O)oc2c1. The van der Waals surface area contributed by atoms with E-state index >= 15 is 0 Å². The molecule has 10 nitrogen and oxygen atoms in total. The van der Waals surface area contributed by atoms with Crippen molar-refractivity contribution in [2.24, 2.45) is 0 Å². The van der Waals surface area contributed by atoms with E-state index in [4.69, 9.17) is 18.0 Å². The van der Waals surface area contributed by atoms with Gasteiger partial charge in [0.25, 0.3) is 5.89 Å². The Hall–Kier alpha value is -4.08. The first-order valence-electron chi connectivity index (χ1n) is 8.66. The maximum absolute atomic E-state index is 12.1. The number of nitrogens with one attached hydrogen (secondary N) is 1. The van der Waals surface area contributed by atoms with E-state index in [1.807, 2.05) is 0 Å². The molecule has 4 aromatic rings. The zero-order valence-corrected chi connectivity index (χ0v) is 15.2. The first kappa shape index (κ1) is 18.3. The van der Waals surface area contributed by atoms with Crippen molar-refractivity contribution >= 4 is 22.7 Å².